The van der Waals surface area contributed by atoms with Gasteiger partial charge >= 0.3 is 0 Å². The molecule has 51 heavy (non-hydrogen) atoms. The first-order valence-electron chi connectivity index (χ1n) is 19.1. The van der Waals surface area contributed by atoms with Crippen LogP contribution in [-0.2, 0) is 0 Å². The average Bonchev–Trinajstić information content (AvgIpc) is 3.16. The largest absolute Gasteiger partial charge is 0.382 e. The van der Waals surface area contributed by atoms with Crippen LogP contribution in [0.1, 0.15) is 80.2 Å². The number of rotatable bonds is 11. The molecule has 1 aliphatic carbocycles. The summed E-state index contributed by atoms with van der Waals surface area (Å²) >= 11 is 0. The summed E-state index contributed by atoms with van der Waals surface area (Å²) in [7, 11) is 0. The third kappa shape index (κ3) is 7.40. The van der Waals surface area contributed by atoms with Crippen molar-refractivity contribution in [1.29, 1.82) is 0 Å². The van der Waals surface area contributed by atoms with Gasteiger partial charge in [-0.15, -0.1) is 0 Å². The first-order chi connectivity index (χ1) is 24.9. The zero-order valence-electron chi connectivity index (χ0n) is 31.1. The molecule has 1 fully saturated rings. The molecule has 7 rings (SSSR count). The molecule has 0 radical (unpaired) electrons. The highest BCUT2D eigenvalue weighted by Crippen LogP contribution is 2.41. The summed E-state index contributed by atoms with van der Waals surface area (Å²) in [6, 6.07) is 50.6. The van der Waals surface area contributed by atoms with E-state index in [0.29, 0.717) is 12.0 Å². The molecule has 6 aromatic rings. The normalized spacial score (nSPS) is 16.0. The lowest BCUT2D eigenvalue weighted by atomic mass is 9.82. The van der Waals surface area contributed by atoms with E-state index in [1.165, 1.54) is 92.7 Å². The Labute approximate surface area is 306 Å². The molecule has 0 saturated heterocycles. The zero-order chi connectivity index (χ0) is 35.3. The summed E-state index contributed by atoms with van der Waals surface area (Å²) in [5.74, 6) is 0.761. The van der Waals surface area contributed by atoms with E-state index in [2.05, 4.69) is 183 Å². The van der Waals surface area contributed by atoms with Crippen molar-refractivity contribution in [2.45, 2.75) is 72.3 Å². The molecule has 0 amide bonds. The first kappa shape index (κ1) is 34.4. The molecule has 3 heteroatoms. The Morgan fingerprint density at radius 2 is 1.00 bits per heavy atom. The molecule has 1 N–H and O–H groups in total. The molecule has 260 valence electrons. The molecule has 1 saturated carbocycles. The van der Waals surface area contributed by atoms with Crippen LogP contribution in [0.15, 0.2) is 133 Å². The van der Waals surface area contributed by atoms with Gasteiger partial charge in [-0.25, -0.2) is 0 Å². The number of hydrogen-bond acceptors (Lipinski definition) is 3. The second kappa shape index (κ2) is 15.5. The Kier molecular flexibility index (Phi) is 10.4. The highest BCUT2D eigenvalue weighted by molar-refractivity contribution is 5.97. The third-order valence-corrected chi connectivity index (χ3v) is 11.1. The van der Waals surface area contributed by atoms with Crippen molar-refractivity contribution >= 4 is 39.2 Å². The Bertz CT molecular complexity index is 1930. The van der Waals surface area contributed by atoms with Crippen LogP contribution in [0.5, 0.6) is 0 Å². The van der Waals surface area contributed by atoms with Crippen molar-refractivity contribution < 1.29 is 0 Å². The van der Waals surface area contributed by atoms with Crippen molar-refractivity contribution in [3.05, 3.63) is 161 Å². The van der Waals surface area contributed by atoms with E-state index < -0.39 is 0 Å². The maximum Gasteiger partial charge on any atom is 0.0422 e. The Hall–Kier alpha value is -5.02. The second-order valence-electron chi connectivity index (χ2n) is 14.5. The zero-order valence-corrected chi connectivity index (χ0v) is 31.1. The first-order valence-corrected chi connectivity index (χ1v) is 19.1. The molecule has 0 bridgehead atoms. The van der Waals surface area contributed by atoms with E-state index in [0.717, 1.165) is 13.1 Å². The van der Waals surface area contributed by atoms with Gasteiger partial charge in [0.25, 0.3) is 0 Å². The molecule has 1 aliphatic rings. The molecule has 0 heterocycles. The molecule has 2 unspecified atom stereocenters. The van der Waals surface area contributed by atoms with Crippen LogP contribution in [0.4, 0.5) is 28.4 Å². The Morgan fingerprint density at radius 1 is 0.549 bits per heavy atom. The van der Waals surface area contributed by atoms with Crippen LogP contribution in [0.25, 0.3) is 10.8 Å². The van der Waals surface area contributed by atoms with E-state index in [4.69, 9.17) is 0 Å². The maximum absolute atomic E-state index is 4.00. The minimum absolute atomic E-state index is 0.0737. The fourth-order valence-electron chi connectivity index (χ4n) is 8.15. The maximum atomic E-state index is 4.00. The number of nitrogens with zero attached hydrogens (tertiary/aromatic N) is 2. The van der Waals surface area contributed by atoms with Crippen LogP contribution in [0.3, 0.4) is 0 Å². The van der Waals surface area contributed by atoms with E-state index in [1.54, 1.807) is 0 Å². The van der Waals surface area contributed by atoms with Crippen molar-refractivity contribution in [2.24, 2.45) is 5.92 Å². The molecule has 0 aromatic heterocycles. The molecular weight excluding hydrogens is 619 g/mol. The molecule has 0 aliphatic heterocycles. The van der Waals surface area contributed by atoms with Gasteiger partial charge in [-0.2, -0.15) is 0 Å². The Balaban J connectivity index is 1.30. The van der Waals surface area contributed by atoms with Gasteiger partial charge < -0.3 is 15.1 Å². The predicted octanol–water partition coefficient (Wildman–Crippen LogP) is 12.9. The van der Waals surface area contributed by atoms with Gasteiger partial charge in [0, 0.05) is 58.9 Å². The Morgan fingerprint density at radius 3 is 1.47 bits per heavy atom. The summed E-state index contributed by atoms with van der Waals surface area (Å²) in [6.07, 6.45) is 5.21. The van der Waals surface area contributed by atoms with Crippen LogP contribution >= 0.6 is 0 Å². The molecular formula is C48H53N3. The minimum atomic E-state index is 0.0737. The van der Waals surface area contributed by atoms with Crippen molar-refractivity contribution in [2.75, 3.05) is 28.2 Å². The highest BCUT2D eigenvalue weighted by Gasteiger charge is 2.24. The summed E-state index contributed by atoms with van der Waals surface area (Å²) in [5, 5.41) is 6.62. The summed E-state index contributed by atoms with van der Waals surface area (Å²) < 4.78 is 0. The second-order valence-corrected chi connectivity index (χ2v) is 14.5. The lowest BCUT2D eigenvalue weighted by Crippen LogP contribution is -2.30. The van der Waals surface area contributed by atoms with E-state index in [9.17, 15) is 0 Å². The van der Waals surface area contributed by atoms with Gasteiger partial charge in [0.15, 0.2) is 0 Å². The summed E-state index contributed by atoms with van der Waals surface area (Å²) in [5.41, 5.74) is 12.6. The van der Waals surface area contributed by atoms with Crippen LogP contribution in [-0.4, -0.2) is 19.1 Å². The van der Waals surface area contributed by atoms with Gasteiger partial charge in [-0.3, -0.25) is 0 Å². The topological polar surface area (TPSA) is 18.5 Å². The van der Waals surface area contributed by atoms with Crippen LogP contribution in [0.2, 0.25) is 0 Å². The van der Waals surface area contributed by atoms with Gasteiger partial charge in [-0.1, -0.05) is 110 Å². The number of fused-ring (bicyclic) bond motifs is 1. The monoisotopic (exact) mass is 671 g/mol. The summed E-state index contributed by atoms with van der Waals surface area (Å²) in [6.45, 7) is 13.0. The number of aryl methyl sites for hydroxylation is 2. The van der Waals surface area contributed by atoms with E-state index in [-0.39, 0.29) is 5.92 Å². The van der Waals surface area contributed by atoms with E-state index in [1.807, 2.05) is 0 Å². The lowest BCUT2D eigenvalue weighted by molar-refractivity contribution is 0.350. The fourth-order valence-corrected chi connectivity index (χ4v) is 8.15. The quantitative estimate of drug-likeness (QED) is 0.138. The van der Waals surface area contributed by atoms with E-state index >= 15 is 0 Å². The average molecular weight is 672 g/mol. The minimum Gasteiger partial charge on any atom is -0.382 e. The fraction of sp³-hybridized carbons (Fsp3) is 0.292. The molecule has 2 atom stereocenters. The van der Waals surface area contributed by atoms with Gasteiger partial charge in [0.05, 0.1) is 0 Å². The molecule has 0 spiro atoms. The standard InChI is InChI=1S/C48H53N3/c1-6-50(39-24-16-34(3)17-25-39)41-28-20-37(21-29-41)48(38-22-30-42(31-23-38)51(7-2)40-26-18-35(4)19-27-40)45-32-33-47(44-14-10-9-13-43(44)45)49-46-15-11-8-12-36(46)5/h9-10,13-14,16-33,36,46,48-49H,6-8,11-12,15H2,1-5H3. The van der Waals surface area contributed by atoms with Crippen molar-refractivity contribution in [1.82, 2.24) is 0 Å². The van der Waals surface area contributed by atoms with Gasteiger partial charge in [0.1, 0.15) is 0 Å². The van der Waals surface area contributed by atoms with Gasteiger partial charge in [0.2, 0.25) is 0 Å². The SMILES string of the molecule is CCN(c1ccc(C)cc1)c1ccc(C(c2ccc(N(CC)c3ccc(C)cc3)cc2)c2ccc(NC3CCCCC3C)c3ccccc23)cc1. The number of benzene rings is 6. The van der Waals surface area contributed by atoms with Gasteiger partial charge in [-0.05, 0) is 123 Å². The number of hydrogen-bond donors (Lipinski definition) is 1. The van der Waals surface area contributed by atoms with Crippen LogP contribution in [0, 0.1) is 19.8 Å². The van der Waals surface area contributed by atoms with Crippen LogP contribution < -0.4 is 15.1 Å². The predicted molar refractivity (Wildman–Crippen MR) is 221 cm³/mol. The van der Waals surface area contributed by atoms with Crippen molar-refractivity contribution in [3.63, 3.8) is 0 Å². The number of nitrogens with one attached hydrogen (secondary N) is 1. The molecule has 6 aromatic carbocycles. The lowest BCUT2D eigenvalue weighted by Gasteiger charge is -2.31. The molecule has 3 nitrogen and oxygen atoms in total. The smallest absolute Gasteiger partial charge is 0.0422 e. The third-order valence-electron chi connectivity index (χ3n) is 11.1. The number of anilines is 5. The van der Waals surface area contributed by atoms with Crippen molar-refractivity contribution in [3.8, 4) is 0 Å². The summed E-state index contributed by atoms with van der Waals surface area (Å²) in [4.78, 5) is 4.78. The highest BCUT2D eigenvalue weighted by atomic mass is 15.1.